The molecule has 2 heterocycles. The number of amides is 2. The third-order valence-corrected chi connectivity index (χ3v) is 5.31. The number of carboxylic acids is 1. The second-order valence-electron chi connectivity index (χ2n) is 6.57. The van der Waals surface area contributed by atoms with E-state index in [1.54, 1.807) is 11.8 Å². The van der Waals surface area contributed by atoms with Crippen LogP contribution in [0.2, 0.25) is 0 Å². The van der Waals surface area contributed by atoms with E-state index in [-0.39, 0.29) is 18.2 Å². The Balaban J connectivity index is 1.79. The molecule has 0 bridgehead atoms. The fourth-order valence-corrected chi connectivity index (χ4v) is 3.98. The van der Waals surface area contributed by atoms with Crippen LogP contribution >= 0.6 is 0 Å². The van der Waals surface area contributed by atoms with Crippen molar-refractivity contribution in [3.8, 4) is 0 Å². The number of carbonyl (C=O) groups is 2. The number of morpholine rings is 1. The van der Waals surface area contributed by atoms with E-state index in [1.165, 1.54) is 0 Å². The average molecular weight is 296 g/mol. The molecule has 3 unspecified atom stereocenters. The summed E-state index contributed by atoms with van der Waals surface area (Å²) >= 11 is 0. The number of hydrogen-bond donors (Lipinski definition) is 1. The summed E-state index contributed by atoms with van der Waals surface area (Å²) in [5, 5.41) is 9.49. The molecule has 3 atom stereocenters. The van der Waals surface area contributed by atoms with E-state index in [0.717, 1.165) is 32.1 Å². The minimum atomic E-state index is -1.06. The average Bonchev–Trinajstić information content (AvgIpc) is 2.89. The van der Waals surface area contributed by atoms with Crippen molar-refractivity contribution in [3.05, 3.63) is 0 Å². The van der Waals surface area contributed by atoms with Gasteiger partial charge < -0.3 is 19.6 Å². The van der Waals surface area contributed by atoms with Crippen LogP contribution < -0.4 is 0 Å². The van der Waals surface area contributed by atoms with Crippen molar-refractivity contribution in [1.82, 2.24) is 9.80 Å². The number of carboxylic acid groups (broad SMARTS) is 1. The van der Waals surface area contributed by atoms with Gasteiger partial charge in [-0.2, -0.15) is 0 Å². The molecule has 2 saturated heterocycles. The molecule has 0 spiro atoms. The molecule has 1 N–H and O–H groups in total. The first-order valence-corrected chi connectivity index (χ1v) is 7.97. The molecular formula is C15H24N2O4. The van der Waals surface area contributed by atoms with Crippen LogP contribution in [0, 0.1) is 0 Å². The van der Waals surface area contributed by atoms with Crippen LogP contribution in [0.5, 0.6) is 0 Å². The van der Waals surface area contributed by atoms with Gasteiger partial charge in [-0.25, -0.2) is 9.59 Å². The Kier molecular flexibility index (Phi) is 3.82. The lowest BCUT2D eigenvalue weighted by atomic mass is 9.90. The Hall–Kier alpha value is -1.30. The van der Waals surface area contributed by atoms with Gasteiger partial charge in [-0.15, -0.1) is 0 Å². The van der Waals surface area contributed by atoms with Crippen molar-refractivity contribution in [2.75, 3.05) is 19.7 Å². The highest BCUT2D eigenvalue weighted by Crippen LogP contribution is 2.34. The first-order chi connectivity index (χ1) is 10.0. The second-order valence-corrected chi connectivity index (χ2v) is 6.57. The molecule has 6 nitrogen and oxygen atoms in total. The molecule has 0 aromatic heterocycles. The summed E-state index contributed by atoms with van der Waals surface area (Å²) in [6.45, 7) is 3.34. The van der Waals surface area contributed by atoms with Gasteiger partial charge in [0, 0.05) is 13.1 Å². The minimum Gasteiger partial charge on any atom is -0.480 e. The zero-order valence-corrected chi connectivity index (χ0v) is 12.6. The maximum absolute atomic E-state index is 12.9. The van der Waals surface area contributed by atoms with Crippen molar-refractivity contribution in [2.45, 2.75) is 63.1 Å². The van der Waals surface area contributed by atoms with Gasteiger partial charge in [0.1, 0.15) is 5.54 Å². The van der Waals surface area contributed by atoms with Crippen molar-refractivity contribution in [1.29, 1.82) is 0 Å². The van der Waals surface area contributed by atoms with E-state index in [1.807, 2.05) is 4.90 Å². The number of aliphatic carboxylic acids is 1. The quantitative estimate of drug-likeness (QED) is 0.799. The van der Waals surface area contributed by atoms with Crippen LogP contribution in [0.15, 0.2) is 0 Å². The fraction of sp³-hybridized carbons (Fsp3) is 0.867. The van der Waals surface area contributed by atoms with Gasteiger partial charge in [0.2, 0.25) is 0 Å². The molecule has 3 fully saturated rings. The smallest absolute Gasteiger partial charge is 0.329 e. The first-order valence-electron chi connectivity index (χ1n) is 7.97. The predicted octanol–water partition coefficient (Wildman–Crippen LogP) is 1.69. The van der Waals surface area contributed by atoms with Gasteiger partial charge in [-0.1, -0.05) is 12.8 Å². The highest BCUT2D eigenvalue weighted by Gasteiger charge is 2.49. The zero-order chi connectivity index (χ0) is 15.0. The van der Waals surface area contributed by atoms with Gasteiger partial charge in [-0.05, 0) is 32.6 Å². The zero-order valence-electron chi connectivity index (χ0n) is 12.6. The Bertz CT molecular complexity index is 439. The molecule has 6 heteroatoms. The van der Waals surface area contributed by atoms with Gasteiger partial charge in [0.05, 0.1) is 18.8 Å². The maximum atomic E-state index is 12.9. The number of hydrogen-bond acceptors (Lipinski definition) is 3. The first kappa shape index (κ1) is 14.6. The number of likely N-dealkylation sites (tertiary alicyclic amines) is 1. The third-order valence-electron chi connectivity index (χ3n) is 5.31. The normalized spacial score (nSPS) is 36.4. The van der Waals surface area contributed by atoms with E-state index in [0.29, 0.717) is 26.1 Å². The largest absolute Gasteiger partial charge is 0.480 e. The molecule has 3 aliphatic rings. The highest BCUT2D eigenvalue weighted by molar-refractivity contribution is 5.87. The fourth-order valence-electron chi connectivity index (χ4n) is 3.98. The molecule has 0 aromatic rings. The molecule has 1 saturated carbocycles. The van der Waals surface area contributed by atoms with Crippen LogP contribution in [-0.4, -0.2) is 64.3 Å². The van der Waals surface area contributed by atoms with Crippen LogP contribution in [0.25, 0.3) is 0 Å². The van der Waals surface area contributed by atoms with E-state index in [9.17, 15) is 14.7 Å². The number of ether oxygens (including phenoxy) is 1. The van der Waals surface area contributed by atoms with Crippen LogP contribution in [0.3, 0.4) is 0 Å². The number of urea groups is 1. The van der Waals surface area contributed by atoms with E-state index in [2.05, 4.69) is 0 Å². The van der Waals surface area contributed by atoms with Gasteiger partial charge in [0.25, 0.3) is 0 Å². The lowest BCUT2D eigenvalue weighted by Crippen LogP contribution is -2.61. The number of nitrogens with zero attached hydrogens (tertiary/aromatic N) is 2. The van der Waals surface area contributed by atoms with E-state index in [4.69, 9.17) is 4.74 Å². The van der Waals surface area contributed by atoms with E-state index < -0.39 is 11.5 Å². The van der Waals surface area contributed by atoms with Crippen molar-refractivity contribution in [2.24, 2.45) is 0 Å². The van der Waals surface area contributed by atoms with Gasteiger partial charge in [0.15, 0.2) is 0 Å². The Morgan fingerprint density at radius 3 is 2.71 bits per heavy atom. The summed E-state index contributed by atoms with van der Waals surface area (Å²) in [5.41, 5.74) is -1.06. The van der Waals surface area contributed by atoms with Crippen molar-refractivity contribution in [3.63, 3.8) is 0 Å². The summed E-state index contributed by atoms with van der Waals surface area (Å²) in [6, 6.07) is 0.0104. The van der Waals surface area contributed by atoms with Crippen LogP contribution in [0.4, 0.5) is 4.79 Å². The second kappa shape index (κ2) is 5.48. The van der Waals surface area contributed by atoms with Gasteiger partial charge in [-0.3, -0.25) is 0 Å². The molecule has 118 valence electrons. The lowest BCUT2D eigenvalue weighted by Gasteiger charge is -2.46. The van der Waals surface area contributed by atoms with Gasteiger partial charge >= 0.3 is 12.0 Å². The SMILES string of the molecule is CC1(C(=O)O)CCCN1C(=O)N1CCOC2CCCCC21. The lowest BCUT2D eigenvalue weighted by molar-refractivity contribution is -0.147. The van der Waals surface area contributed by atoms with Crippen molar-refractivity contribution >= 4 is 12.0 Å². The Labute approximate surface area is 125 Å². The predicted molar refractivity (Wildman–Crippen MR) is 76.1 cm³/mol. The number of rotatable bonds is 1. The summed E-state index contributed by atoms with van der Waals surface area (Å²) in [7, 11) is 0. The van der Waals surface area contributed by atoms with Crippen LogP contribution in [0.1, 0.15) is 45.4 Å². The summed E-state index contributed by atoms with van der Waals surface area (Å²) in [4.78, 5) is 27.9. The highest BCUT2D eigenvalue weighted by atomic mass is 16.5. The Morgan fingerprint density at radius 2 is 1.95 bits per heavy atom. The summed E-state index contributed by atoms with van der Waals surface area (Å²) < 4.78 is 5.80. The van der Waals surface area contributed by atoms with E-state index >= 15 is 0 Å². The molecule has 0 radical (unpaired) electrons. The number of fused-ring (bicyclic) bond motifs is 1. The third kappa shape index (κ3) is 2.39. The summed E-state index contributed by atoms with van der Waals surface area (Å²) in [5.74, 6) is -0.901. The molecular weight excluding hydrogens is 272 g/mol. The minimum absolute atomic E-state index is 0.113. The number of carbonyl (C=O) groups excluding carboxylic acids is 1. The molecule has 2 aliphatic heterocycles. The maximum Gasteiger partial charge on any atom is 0.329 e. The topological polar surface area (TPSA) is 70.1 Å². The molecule has 21 heavy (non-hydrogen) atoms. The molecule has 0 aromatic carbocycles. The van der Waals surface area contributed by atoms with Crippen LogP contribution in [-0.2, 0) is 9.53 Å². The summed E-state index contributed by atoms with van der Waals surface area (Å²) in [6.07, 6.45) is 5.66. The van der Waals surface area contributed by atoms with Crippen molar-refractivity contribution < 1.29 is 19.4 Å². The molecule has 3 rings (SSSR count). The monoisotopic (exact) mass is 296 g/mol. The standard InChI is InChI=1S/C15H24N2O4/c1-15(13(18)19)7-4-8-17(15)14(20)16-9-10-21-12-6-3-2-5-11(12)16/h11-12H,2-10H2,1H3,(H,18,19). The molecule has 2 amide bonds. The molecule has 1 aliphatic carbocycles. The Morgan fingerprint density at radius 1 is 1.19 bits per heavy atom.